The molecule has 1 saturated heterocycles. The van der Waals surface area contributed by atoms with Crippen LogP contribution in [0.15, 0.2) is 48.5 Å². The highest BCUT2D eigenvalue weighted by Crippen LogP contribution is 2.44. The predicted molar refractivity (Wildman–Crippen MR) is 130 cm³/mol. The first kappa shape index (κ1) is 24.7. The molecule has 35 heavy (non-hydrogen) atoms. The maximum Gasteiger partial charge on any atom is 0.407 e. The number of benzene rings is 2. The summed E-state index contributed by atoms with van der Waals surface area (Å²) in [5, 5.41) is 12.6. The molecule has 1 heterocycles. The SMILES string of the molecule is COCC1(C(=O)O)CCCN1C(=O)C(C)C(C)NC(=O)OCC1c2ccccc2-c2ccccc21. The lowest BCUT2D eigenvalue weighted by atomic mass is 9.94. The van der Waals surface area contributed by atoms with E-state index in [2.05, 4.69) is 29.6 Å². The Labute approximate surface area is 205 Å². The number of nitrogens with zero attached hydrogens (tertiary/aromatic N) is 1. The van der Waals surface area contributed by atoms with Crippen molar-refractivity contribution in [3.63, 3.8) is 0 Å². The smallest absolute Gasteiger partial charge is 0.407 e. The average Bonchev–Trinajstić information content (AvgIpc) is 3.42. The number of likely N-dealkylation sites (tertiary alicyclic amines) is 1. The molecule has 0 spiro atoms. The molecule has 8 heteroatoms. The molecule has 0 saturated carbocycles. The molecule has 0 aromatic heterocycles. The lowest BCUT2D eigenvalue weighted by Crippen LogP contribution is -2.58. The number of alkyl carbamates (subject to hydrolysis) is 1. The minimum absolute atomic E-state index is 0.0580. The van der Waals surface area contributed by atoms with Crippen LogP contribution in [0.4, 0.5) is 4.79 Å². The number of methoxy groups -OCH3 is 1. The van der Waals surface area contributed by atoms with Gasteiger partial charge >= 0.3 is 12.1 Å². The summed E-state index contributed by atoms with van der Waals surface area (Å²) in [6.07, 6.45) is 0.312. The van der Waals surface area contributed by atoms with E-state index in [0.717, 1.165) is 22.3 Å². The van der Waals surface area contributed by atoms with Crippen molar-refractivity contribution < 1.29 is 29.0 Å². The Morgan fingerprint density at radius 1 is 1.09 bits per heavy atom. The molecule has 1 aliphatic heterocycles. The van der Waals surface area contributed by atoms with Gasteiger partial charge in [-0.05, 0) is 42.0 Å². The van der Waals surface area contributed by atoms with Crippen molar-refractivity contribution >= 4 is 18.0 Å². The number of nitrogens with one attached hydrogen (secondary N) is 1. The molecule has 1 fully saturated rings. The summed E-state index contributed by atoms with van der Waals surface area (Å²) in [5.41, 5.74) is 3.16. The van der Waals surface area contributed by atoms with Crippen LogP contribution in [0.5, 0.6) is 0 Å². The first-order valence-corrected chi connectivity index (χ1v) is 12.0. The Hall–Kier alpha value is -3.39. The lowest BCUT2D eigenvalue weighted by molar-refractivity contribution is -0.162. The van der Waals surface area contributed by atoms with E-state index in [-0.39, 0.29) is 25.0 Å². The van der Waals surface area contributed by atoms with Gasteiger partial charge in [0.15, 0.2) is 5.54 Å². The third-order valence-corrected chi connectivity index (χ3v) is 7.36. The van der Waals surface area contributed by atoms with Crippen molar-refractivity contribution in [3.05, 3.63) is 59.7 Å². The molecular weight excluding hydrogens is 448 g/mol. The molecule has 0 bridgehead atoms. The molecule has 2 amide bonds. The van der Waals surface area contributed by atoms with Crippen LogP contribution < -0.4 is 5.32 Å². The second-order valence-corrected chi connectivity index (χ2v) is 9.41. The zero-order chi connectivity index (χ0) is 25.2. The molecule has 1 aliphatic carbocycles. The topological polar surface area (TPSA) is 105 Å². The van der Waals surface area contributed by atoms with Crippen molar-refractivity contribution in [2.45, 2.75) is 44.2 Å². The van der Waals surface area contributed by atoms with E-state index in [0.29, 0.717) is 19.4 Å². The van der Waals surface area contributed by atoms with E-state index in [1.807, 2.05) is 24.3 Å². The van der Waals surface area contributed by atoms with E-state index < -0.39 is 29.6 Å². The fraction of sp³-hybridized carbons (Fsp3) is 0.444. The highest BCUT2D eigenvalue weighted by atomic mass is 16.5. The molecule has 8 nitrogen and oxygen atoms in total. The first-order valence-electron chi connectivity index (χ1n) is 12.0. The van der Waals surface area contributed by atoms with Crippen molar-refractivity contribution in [2.24, 2.45) is 5.92 Å². The van der Waals surface area contributed by atoms with Gasteiger partial charge in [-0.2, -0.15) is 0 Å². The van der Waals surface area contributed by atoms with Crippen LogP contribution in [-0.2, 0) is 19.1 Å². The number of fused-ring (bicyclic) bond motifs is 3. The molecule has 2 aliphatic rings. The molecule has 0 radical (unpaired) electrons. The van der Waals surface area contributed by atoms with Crippen molar-refractivity contribution in [3.8, 4) is 11.1 Å². The van der Waals surface area contributed by atoms with E-state index in [1.165, 1.54) is 12.0 Å². The summed E-state index contributed by atoms with van der Waals surface area (Å²) in [7, 11) is 1.43. The summed E-state index contributed by atoms with van der Waals surface area (Å²) in [4.78, 5) is 39.3. The first-order chi connectivity index (χ1) is 16.8. The molecule has 3 unspecified atom stereocenters. The quantitative estimate of drug-likeness (QED) is 0.598. The predicted octanol–water partition coefficient (Wildman–Crippen LogP) is 3.64. The molecule has 186 valence electrons. The molecule has 4 rings (SSSR count). The maximum atomic E-state index is 13.2. The lowest BCUT2D eigenvalue weighted by Gasteiger charge is -2.36. The third-order valence-electron chi connectivity index (χ3n) is 7.36. The number of carboxylic acid groups (broad SMARTS) is 1. The van der Waals surface area contributed by atoms with Gasteiger partial charge in [-0.3, -0.25) is 4.79 Å². The summed E-state index contributed by atoms with van der Waals surface area (Å²) < 4.78 is 10.7. The minimum Gasteiger partial charge on any atom is -0.479 e. The number of rotatable bonds is 8. The number of carbonyl (C=O) groups is 3. The van der Waals surface area contributed by atoms with Crippen LogP contribution >= 0.6 is 0 Å². The highest BCUT2D eigenvalue weighted by molar-refractivity contribution is 5.89. The van der Waals surface area contributed by atoms with Gasteiger partial charge in [0.25, 0.3) is 0 Å². The number of ether oxygens (including phenoxy) is 2. The van der Waals surface area contributed by atoms with E-state index in [9.17, 15) is 19.5 Å². The Kier molecular flexibility index (Phi) is 7.12. The van der Waals surface area contributed by atoms with Gasteiger partial charge in [0.2, 0.25) is 5.91 Å². The van der Waals surface area contributed by atoms with E-state index >= 15 is 0 Å². The standard InChI is InChI=1S/C27H32N2O6/c1-17(24(30)29-14-8-13-27(29,16-34-3)25(31)32)18(2)28-26(33)35-15-23-21-11-6-4-9-19(21)20-10-5-7-12-22(20)23/h4-7,9-12,17-18,23H,8,13-16H2,1-3H3,(H,28,33)(H,31,32). The van der Waals surface area contributed by atoms with Crippen LogP contribution in [0.2, 0.25) is 0 Å². The van der Waals surface area contributed by atoms with Crippen molar-refractivity contribution in [1.82, 2.24) is 10.2 Å². The third kappa shape index (κ3) is 4.50. The number of aliphatic carboxylic acids is 1. The van der Waals surface area contributed by atoms with Crippen molar-refractivity contribution in [2.75, 3.05) is 26.9 Å². The van der Waals surface area contributed by atoms with Crippen LogP contribution in [-0.4, -0.2) is 66.4 Å². The summed E-state index contributed by atoms with van der Waals surface area (Å²) >= 11 is 0. The Bertz CT molecular complexity index is 1070. The number of carbonyl (C=O) groups excluding carboxylic acids is 2. The number of amides is 2. The largest absolute Gasteiger partial charge is 0.479 e. The summed E-state index contributed by atoms with van der Waals surface area (Å²) in [6.45, 7) is 3.86. The van der Waals surface area contributed by atoms with Gasteiger partial charge in [-0.1, -0.05) is 55.5 Å². The molecule has 2 aromatic rings. The zero-order valence-corrected chi connectivity index (χ0v) is 20.3. The fourth-order valence-corrected chi connectivity index (χ4v) is 5.28. The Morgan fingerprint density at radius 3 is 2.26 bits per heavy atom. The minimum atomic E-state index is -1.37. The van der Waals surface area contributed by atoms with Crippen LogP contribution in [0.3, 0.4) is 0 Å². The Morgan fingerprint density at radius 2 is 1.69 bits per heavy atom. The van der Waals surface area contributed by atoms with Crippen LogP contribution in [0.1, 0.15) is 43.7 Å². The van der Waals surface area contributed by atoms with E-state index in [1.54, 1.807) is 13.8 Å². The second-order valence-electron chi connectivity index (χ2n) is 9.41. The summed E-state index contributed by atoms with van der Waals surface area (Å²) in [6, 6.07) is 15.7. The molecule has 2 N–H and O–H groups in total. The number of hydrogen-bond donors (Lipinski definition) is 2. The van der Waals surface area contributed by atoms with Gasteiger partial charge in [-0.15, -0.1) is 0 Å². The van der Waals surface area contributed by atoms with Crippen LogP contribution in [0, 0.1) is 5.92 Å². The summed E-state index contributed by atoms with van der Waals surface area (Å²) in [5.74, 6) is -2.09. The van der Waals surface area contributed by atoms with E-state index in [4.69, 9.17) is 9.47 Å². The zero-order valence-electron chi connectivity index (χ0n) is 20.3. The molecular formula is C27H32N2O6. The van der Waals surface area contributed by atoms with Gasteiger partial charge in [0.1, 0.15) is 6.61 Å². The van der Waals surface area contributed by atoms with Gasteiger partial charge in [-0.25, -0.2) is 9.59 Å². The maximum absolute atomic E-state index is 13.2. The monoisotopic (exact) mass is 480 g/mol. The molecule has 3 atom stereocenters. The van der Waals surface area contributed by atoms with Gasteiger partial charge < -0.3 is 24.8 Å². The Balaban J connectivity index is 1.38. The van der Waals surface area contributed by atoms with Gasteiger partial charge in [0, 0.05) is 25.6 Å². The molecule has 2 aromatic carbocycles. The second kappa shape index (κ2) is 10.1. The average molecular weight is 481 g/mol. The fourth-order valence-electron chi connectivity index (χ4n) is 5.28. The number of hydrogen-bond acceptors (Lipinski definition) is 5. The van der Waals surface area contributed by atoms with Crippen LogP contribution in [0.25, 0.3) is 11.1 Å². The normalized spacial score (nSPS) is 20.6. The highest BCUT2D eigenvalue weighted by Gasteiger charge is 2.51. The number of carboxylic acids is 1. The van der Waals surface area contributed by atoms with Gasteiger partial charge in [0.05, 0.1) is 12.5 Å². The van der Waals surface area contributed by atoms with Crippen molar-refractivity contribution in [1.29, 1.82) is 0 Å².